The fourth-order valence-electron chi connectivity index (χ4n) is 1.37. The van der Waals surface area contributed by atoms with Crippen molar-refractivity contribution in [2.45, 2.75) is 32.4 Å². The van der Waals surface area contributed by atoms with E-state index in [4.69, 9.17) is 19.3 Å². The maximum absolute atomic E-state index is 12.5. The molecule has 2 atom stereocenters. The van der Waals surface area contributed by atoms with Crippen molar-refractivity contribution >= 4 is 0 Å². The van der Waals surface area contributed by atoms with Crippen LogP contribution in [0.1, 0.15) is 14.4 Å². The summed E-state index contributed by atoms with van der Waals surface area (Å²) in [6, 6.07) is 0. The predicted molar refractivity (Wildman–Crippen MR) is 60.7 cm³/mol. The van der Waals surface area contributed by atoms with Crippen molar-refractivity contribution in [1.29, 1.82) is 0 Å². The summed E-state index contributed by atoms with van der Waals surface area (Å²) in [6.07, 6.45) is -5.30. The van der Waals surface area contributed by atoms with Gasteiger partial charge in [0.2, 0.25) is 0 Å². The van der Waals surface area contributed by atoms with E-state index in [2.05, 4.69) is 4.74 Å². The minimum absolute atomic E-state index is 0. The van der Waals surface area contributed by atoms with E-state index >= 15 is 0 Å². The summed E-state index contributed by atoms with van der Waals surface area (Å²) in [5, 5.41) is 8.42. The van der Waals surface area contributed by atoms with Crippen LogP contribution < -0.4 is 0 Å². The predicted octanol–water partition coefficient (Wildman–Crippen LogP) is 1.34. The van der Waals surface area contributed by atoms with Gasteiger partial charge >= 0.3 is 6.18 Å². The maximum atomic E-state index is 12.5. The zero-order valence-electron chi connectivity index (χ0n) is 10.0. The Hall–Kier alpha value is -0.410. The summed E-state index contributed by atoms with van der Waals surface area (Å²) in [5.41, 5.74) is 0. The number of hydrogen-bond acceptors (Lipinski definition) is 5. The van der Waals surface area contributed by atoms with Crippen molar-refractivity contribution in [2.24, 2.45) is 0 Å². The molecule has 0 aromatic rings. The zero-order valence-corrected chi connectivity index (χ0v) is 10.0. The summed E-state index contributed by atoms with van der Waals surface area (Å²) in [4.78, 5) is 0. The second kappa shape index (κ2) is 8.01. The van der Waals surface area contributed by atoms with Gasteiger partial charge in [0.15, 0.2) is 0 Å². The van der Waals surface area contributed by atoms with Gasteiger partial charge < -0.3 is 24.1 Å². The Morgan fingerprint density at radius 1 is 1.26 bits per heavy atom. The van der Waals surface area contributed by atoms with Gasteiger partial charge in [0.1, 0.15) is 6.10 Å². The lowest BCUT2D eigenvalue weighted by Gasteiger charge is -2.25. The van der Waals surface area contributed by atoms with Crippen LogP contribution >= 0.6 is 0 Å². The largest absolute Gasteiger partial charge is 0.442 e. The number of aliphatic hydroxyl groups is 1. The Morgan fingerprint density at radius 2 is 1.89 bits per heavy atom. The molecule has 0 saturated carbocycles. The summed E-state index contributed by atoms with van der Waals surface area (Å²) < 4.78 is 57.0. The van der Waals surface area contributed by atoms with E-state index < -0.39 is 18.1 Å². The third-order valence-corrected chi connectivity index (χ3v) is 2.36. The molecule has 8 heteroatoms. The fraction of sp³-hybridized carbons (Fsp3) is 1.00. The molecule has 1 rings (SSSR count). The monoisotopic (exact) mass is 290 g/mol. The fourth-order valence-corrected chi connectivity index (χ4v) is 1.37. The van der Waals surface area contributed by atoms with Crippen LogP contribution in [0, 0.1) is 0 Å². The second-order valence-corrected chi connectivity index (χ2v) is 3.91. The van der Waals surface area contributed by atoms with Crippen molar-refractivity contribution in [3.63, 3.8) is 0 Å². The zero-order chi connectivity index (χ0) is 13.6. The van der Waals surface area contributed by atoms with Gasteiger partial charge in [-0.2, -0.15) is 13.2 Å². The molecule has 0 aromatic heterocycles. The van der Waals surface area contributed by atoms with Crippen molar-refractivity contribution in [3.05, 3.63) is 0 Å². The molecule has 19 heavy (non-hydrogen) atoms. The van der Waals surface area contributed by atoms with Crippen LogP contribution in [0.2, 0.25) is 0 Å². The van der Waals surface area contributed by atoms with Gasteiger partial charge in [-0.3, -0.25) is 0 Å². The lowest BCUT2D eigenvalue weighted by atomic mass is 10.3. The molecule has 116 valence electrons. The normalized spacial score (nSPS) is 27.3. The minimum atomic E-state index is -4.56. The Labute approximate surface area is 110 Å². The average Bonchev–Trinajstić information content (AvgIpc) is 2.66. The van der Waals surface area contributed by atoms with E-state index in [0.717, 1.165) is 6.92 Å². The molecule has 0 spiro atoms. The first-order valence-electron chi connectivity index (χ1n) is 5.54. The maximum Gasteiger partial charge on any atom is 0.442 e. The molecule has 0 amide bonds. The first-order valence-corrected chi connectivity index (χ1v) is 5.54. The Balaban J connectivity index is 0.00000324. The third-order valence-electron chi connectivity index (χ3n) is 2.36. The molecule has 5 nitrogen and oxygen atoms in total. The van der Waals surface area contributed by atoms with Gasteiger partial charge in [-0.05, 0) is 6.92 Å². The summed E-state index contributed by atoms with van der Waals surface area (Å²) in [6.45, 7) is 1.31. The van der Waals surface area contributed by atoms with Crippen LogP contribution in [0.4, 0.5) is 13.2 Å². The van der Waals surface area contributed by atoms with Crippen LogP contribution in [0.5, 0.6) is 0 Å². The van der Waals surface area contributed by atoms with Crippen LogP contribution in [0.25, 0.3) is 0 Å². The lowest BCUT2D eigenvalue weighted by Crippen LogP contribution is -2.44. The number of ether oxygens (including phenoxy) is 4. The van der Waals surface area contributed by atoms with Crippen molar-refractivity contribution in [1.82, 2.24) is 0 Å². The standard InChI is InChI=1S/C10H17F3O5.CH4/c1-9(10(11,12)13)17-7-8(18-9)6-16-5-4-15-3-2-14;/h8,14H,2-7H2,1H3;1H4. The SMILES string of the molecule is C.CC1(C(F)(F)F)OCC(COCCOCCO)O1. The smallest absolute Gasteiger partial charge is 0.394 e. The number of rotatable bonds is 7. The highest BCUT2D eigenvalue weighted by atomic mass is 19.4. The van der Waals surface area contributed by atoms with E-state index in [-0.39, 0.29) is 47.1 Å². The first kappa shape index (κ1) is 18.6. The van der Waals surface area contributed by atoms with Gasteiger partial charge in [0, 0.05) is 0 Å². The van der Waals surface area contributed by atoms with Crippen LogP contribution in [-0.4, -0.2) is 62.8 Å². The highest BCUT2D eigenvalue weighted by molar-refractivity contribution is 4.81. The van der Waals surface area contributed by atoms with Crippen molar-refractivity contribution < 1.29 is 37.2 Å². The summed E-state index contributed by atoms with van der Waals surface area (Å²) in [7, 11) is 0. The molecule has 1 fully saturated rings. The topological polar surface area (TPSA) is 57.2 Å². The average molecular weight is 290 g/mol. The van der Waals surface area contributed by atoms with Gasteiger partial charge in [-0.1, -0.05) is 7.43 Å². The third kappa shape index (κ3) is 5.62. The highest BCUT2D eigenvalue weighted by Crippen LogP contribution is 2.38. The highest BCUT2D eigenvalue weighted by Gasteiger charge is 2.58. The number of hydrogen-bond donors (Lipinski definition) is 1. The molecule has 0 bridgehead atoms. The molecular weight excluding hydrogens is 269 g/mol. The minimum Gasteiger partial charge on any atom is -0.394 e. The molecular formula is C11H21F3O5. The summed E-state index contributed by atoms with van der Waals surface area (Å²) in [5.74, 6) is -2.55. The molecule has 1 aliphatic heterocycles. The molecule has 1 heterocycles. The summed E-state index contributed by atoms with van der Waals surface area (Å²) >= 11 is 0. The van der Waals surface area contributed by atoms with E-state index in [1.165, 1.54) is 0 Å². The van der Waals surface area contributed by atoms with Crippen LogP contribution in [0.15, 0.2) is 0 Å². The molecule has 1 N–H and O–H groups in total. The second-order valence-electron chi connectivity index (χ2n) is 3.91. The molecule has 0 aromatic carbocycles. The van der Waals surface area contributed by atoms with Gasteiger partial charge in [-0.15, -0.1) is 0 Å². The Morgan fingerprint density at radius 3 is 2.42 bits per heavy atom. The van der Waals surface area contributed by atoms with Gasteiger partial charge in [-0.25, -0.2) is 0 Å². The molecule has 1 aliphatic rings. The number of halogens is 3. The van der Waals surface area contributed by atoms with E-state index in [1.807, 2.05) is 0 Å². The van der Waals surface area contributed by atoms with Gasteiger partial charge in [0.05, 0.1) is 39.6 Å². The van der Waals surface area contributed by atoms with Crippen molar-refractivity contribution in [2.75, 3.05) is 39.6 Å². The number of aliphatic hydroxyl groups excluding tert-OH is 1. The van der Waals surface area contributed by atoms with Gasteiger partial charge in [0.25, 0.3) is 5.79 Å². The van der Waals surface area contributed by atoms with E-state index in [1.54, 1.807) is 0 Å². The van der Waals surface area contributed by atoms with Crippen LogP contribution in [-0.2, 0) is 18.9 Å². The van der Waals surface area contributed by atoms with E-state index in [9.17, 15) is 13.2 Å². The molecule has 0 aliphatic carbocycles. The lowest BCUT2D eigenvalue weighted by molar-refractivity contribution is -0.339. The quantitative estimate of drug-likeness (QED) is 0.717. The first-order chi connectivity index (χ1) is 8.39. The van der Waals surface area contributed by atoms with Crippen LogP contribution in [0.3, 0.4) is 0 Å². The number of alkyl halides is 3. The Bertz CT molecular complexity index is 249. The molecule has 1 saturated heterocycles. The molecule has 0 radical (unpaired) electrons. The van der Waals surface area contributed by atoms with E-state index in [0.29, 0.717) is 0 Å². The Kier molecular flexibility index (Phi) is 7.83. The molecule has 2 unspecified atom stereocenters. The van der Waals surface area contributed by atoms with Crippen molar-refractivity contribution in [3.8, 4) is 0 Å².